The predicted molar refractivity (Wildman–Crippen MR) is 424 cm³/mol. The number of nitrogens with one attached hydrogen (secondary N) is 3. The lowest BCUT2D eigenvalue weighted by atomic mass is 9.93. The Bertz CT molecular complexity index is 3780. The summed E-state index contributed by atoms with van der Waals surface area (Å²) >= 11 is 0. The van der Waals surface area contributed by atoms with Crippen LogP contribution >= 0.6 is 0 Å². The Hall–Kier alpha value is -3.75. The van der Waals surface area contributed by atoms with Gasteiger partial charge in [-0.3, -0.25) is 14.4 Å². The average Bonchev–Trinajstić information content (AvgIpc) is 0.757. The fraction of sp³-hybridized carbons (Fsp3) is 0.962. The number of aliphatic hydroxyl groups excluding tert-OH is 31. The minimum Gasteiger partial charge on any atom is -0.394 e. The lowest BCUT2D eigenvalue weighted by Crippen LogP contribution is -2.72. The van der Waals surface area contributed by atoms with E-state index in [1.54, 1.807) is 0 Å². The molecule has 0 aliphatic carbocycles. The van der Waals surface area contributed by atoms with E-state index in [0.29, 0.717) is 0 Å². The van der Waals surface area contributed by atoms with Gasteiger partial charge in [-0.2, -0.15) is 0 Å². The zero-order valence-electron chi connectivity index (χ0n) is 74.8. The number of amides is 3. The molecule has 60 nitrogen and oxygen atoms in total. The van der Waals surface area contributed by atoms with Gasteiger partial charge in [-0.1, -0.05) is 0 Å². The Balaban J connectivity index is 0.881. The van der Waals surface area contributed by atoms with Crippen molar-refractivity contribution >= 4 is 17.7 Å². The van der Waals surface area contributed by atoms with Crippen LogP contribution in [0.2, 0.25) is 0 Å². The third-order valence-electron chi connectivity index (χ3n) is 26.1. The molecular weight excluding hydrogens is 1890 g/mol. The van der Waals surface area contributed by atoms with Crippen LogP contribution in [0.4, 0.5) is 0 Å². The third kappa shape index (κ3) is 24.1. The first kappa shape index (κ1) is 113. The summed E-state index contributed by atoms with van der Waals surface area (Å²) in [4.78, 5) is 41.2. The van der Waals surface area contributed by atoms with Gasteiger partial charge in [-0.15, -0.1) is 0 Å². The van der Waals surface area contributed by atoms with Gasteiger partial charge in [-0.25, -0.2) is 0 Å². The molecule has 12 heterocycles. The lowest BCUT2D eigenvalue weighted by molar-refractivity contribution is -0.403. The van der Waals surface area contributed by atoms with Crippen LogP contribution in [0, 0.1) is 0 Å². The highest BCUT2D eigenvalue weighted by Crippen LogP contribution is 2.44. The topological polar surface area (TPSA) is 927 Å². The molecule has 0 saturated carbocycles. The number of carbonyl (C=O) groups is 3. The first-order chi connectivity index (χ1) is 65.2. The lowest BCUT2D eigenvalue weighted by Gasteiger charge is -2.52. The maximum atomic E-state index is 13.9. The van der Waals surface area contributed by atoms with Gasteiger partial charge in [0, 0.05) is 20.8 Å². The predicted octanol–water partition coefficient (Wildman–Crippen LogP) is -22.6. The second kappa shape index (κ2) is 48.5. The van der Waals surface area contributed by atoms with Crippen LogP contribution in [-0.2, 0) is 123 Å². The summed E-state index contributed by atoms with van der Waals surface area (Å²) in [7, 11) is 0. The highest BCUT2D eigenvalue weighted by Gasteiger charge is 2.64. The van der Waals surface area contributed by atoms with Gasteiger partial charge in [0.25, 0.3) is 0 Å². The molecule has 12 aliphatic heterocycles. The quantitative estimate of drug-likeness (QED) is 0.0290. The largest absolute Gasteiger partial charge is 0.394 e. The number of hydrogen-bond donors (Lipinski definition) is 34. The molecule has 12 fully saturated rings. The molecule has 138 heavy (non-hydrogen) atoms. The molecule has 60 heteroatoms. The summed E-state index contributed by atoms with van der Waals surface area (Å²) in [5.41, 5.74) is 0. The third-order valence-corrected chi connectivity index (χ3v) is 26.1. The van der Waals surface area contributed by atoms with E-state index >= 15 is 0 Å². The van der Waals surface area contributed by atoms with E-state index in [4.69, 9.17) is 109 Å². The smallest absolute Gasteiger partial charge is 0.217 e. The molecule has 2 unspecified atom stereocenters. The van der Waals surface area contributed by atoms with E-state index in [-0.39, 0.29) is 0 Å². The normalized spacial score (nSPS) is 52.1. The van der Waals surface area contributed by atoms with Gasteiger partial charge in [0.1, 0.15) is 268 Å². The maximum absolute atomic E-state index is 13.9. The van der Waals surface area contributed by atoms with Crippen LogP contribution in [0.25, 0.3) is 0 Å². The van der Waals surface area contributed by atoms with Crippen LogP contribution in [0.15, 0.2) is 0 Å². The van der Waals surface area contributed by atoms with Crippen molar-refractivity contribution in [3.63, 3.8) is 0 Å². The molecule has 12 aliphatic rings. The van der Waals surface area contributed by atoms with Crippen molar-refractivity contribution in [1.29, 1.82) is 0 Å². The maximum Gasteiger partial charge on any atom is 0.217 e. The highest BCUT2D eigenvalue weighted by atomic mass is 16.8. The Morgan fingerprint density at radius 2 is 0.435 bits per heavy atom. The summed E-state index contributed by atoms with van der Waals surface area (Å²) < 4.78 is 140. The molecule has 0 spiro atoms. The van der Waals surface area contributed by atoms with Gasteiger partial charge in [0.15, 0.2) is 75.5 Å². The van der Waals surface area contributed by atoms with Crippen LogP contribution in [0.5, 0.6) is 0 Å². The second-order valence-corrected chi connectivity index (χ2v) is 35.8. The van der Waals surface area contributed by atoms with Crippen molar-refractivity contribution in [3.05, 3.63) is 0 Å². The van der Waals surface area contributed by atoms with Crippen LogP contribution in [0.3, 0.4) is 0 Å². The van der Waals surface area contributed by atoms with Gasteiger partial charge < -0.3 is 283 Å². The van der Waals surface area contributed by atoms with Gasteiger partial charge in [-0.05, 0) is 27.7 Å². The van der Waals surface area contributed by atoms with E-state index in [2.05, 4.69) is 16.0 Å². The van der Waals surface area contributed by atoms with Crippen molar-refractivity contribution in [2.75, 3.05) is 52.9 Å². The highest BCUT2D eigenvalue weighted by molar-refractivity contribution is 5.74. The van der Waals surface area contributed by atoms with E-state index in [9.17, 15) is 173 Å². The fourth-order valence-electron chi connectivity index (χ4n) is 18.3. The van der Waals surface area contributed by atoms with E-state index in [1.165, 1.54) is 27.7 Å². The number of aliphatic hydroxyl groups is 31. The first-order valence-corrected chi connectivity index (χ1v) is 44.6. The molecule has 0 bridgehead atoms. The zero-order valence-corrected chi connectivity index (χ0v) is 74.8. The van der Waals surface area contributed by atoms with Crippen LogP contribution in [0.1, 0.15) is 48.5 Å². The fourth-order valence-corrected chi connectivity index (χ4v) is 18.3. The Morgan fingerprint density at radius 1 is 0.203 bits per heavy atom. The van der Waals surface area contributed by atoms with Crippen molar-refractivity contribution in [2.45, 2.75) is 417 Å². The molecule has 12 saturated heterocycles. The summed E-state index contributed by atoms with van der Waals surface area (Å²) in [6, 6.07) is -6.28. The monoisotopic (exact) mass is 2020 g/mol. The van der Waals surface area contributed by atoms with Crippen molar-refractivity contribution in [2.24, 2.45) is 0 Å². The zero-order chi connectivity index (χ0) is 101. The molecular formula is C78H131N3O57. The van der Waals surface area contributed by atoms with Crippen molar-refractivity contribution in [1.82, 2.24) is 16.0 Å². The van der Waals surface area contributed by atoms with Gasteiger partial charge >= 0.3 is 0 Å². The molecule has 60 atom stereocenters. The SMILES string of the molecule is CC(=O)N[C@H]1[C@H](O[C@H]2[C@@H](O)[C@@H](CO[C@@H]3O[C@H](CO)[C@@H](O[C@@H]4O[C@H](CO)[C@H](O)[C@H](OC5O[C@H](CO)[C@@H](O[C@@H]6O[C@H](CO)[C@H](O)[C@H](O)[C@H]6O[C@@H]6O[C@@H](C)[C@@H](O)[C@@H](O)[C@@H]6O)[C@H](O[C@@H]6O[C@@H](C)[C@@H](O)[C@@H](O)[C@@H]6O)[C@H]5NC(C)=O)[C@H]4O)[C@H](O[C@@H]4O[C@@H](C)[C@@H](O)[C@@H](O)[C@@H]4O)[C@H]3NC(C)=O)O[C@@H](O[C@H]3[C@H](O)[C@@H](O)C(O)O[C@@H]3CO)[C@@H]2O)O[C@H](CO)[C@@H](O[C@@H]2O[C@H](CO)[C@H](O)[C@H](O)[C@H]2O)[C@@H]1O[C@@H]1O[C@@H](C)[C@@H](O)[C@@H](O)[C@@H]1O. The molecule has 0 aromatic rings. The van der Waals surface area contributed by atoms with E-state index in [0.717, 1.165) is 20.8 Å². The molecule has 12 rings (SSSR count). The molecule has 0 aromatic heterocycles. The number of ether oxygens (including phenoxy) is 23. The van der Waals surface area contributed by atoms with Crippen molar-refractivity contribution < 1.29 is 282 Å². The average molecular weight is 2020 g/mol. The Morgan fingerprint density at radius 3 is 0.783 bits per heavy atom. The Labute approximate surface area is 782 Å². The van der Waals surface area contributed by atoms with Crippen LogP contribution in [-0.4, -0.2) is 597 Å². The summed E-state index contributed by atoms with van der Waals surface area (Å²) in [5, 5.41) is 356. The van der Waals surface area contributed by atoms with Gasteiger partial charge in [0.2, 0.25) is 17.7 Å². The number of hydrogen-bond acceptors (Lipinski definition) is 57. The number of rotatable bonds is 33. The standard InChI is InChI=1S/C78H131N3O57/c1-16-34(92)42(100)50(108)71(117-16)133-61-31(79-20(5)89)68(116-15-30-41(99)65(56(114)77(128-30)129-57-26(11-85)121-67(115)49(107)48(57)106)137-70-32(80-21(6)90)62(134-72-51(109)43(101)35(93)17(2)118-72)59(28(13-87)126-70)130-75-54(112)46(104)38(96)23(8-82)122-75)125-27(12-86)58(61)131-76-55(113)64(40(98)25(10-84)123-76)136-69-33(81-22(7)91)63(135-73-52(110)44(102)36(94)18(3)119-73)60(29(14-88)127-69)132-78-66(47(105)39(97)24(9-83)124-78)138-74-53(111)45(103)37(95)19(4)120-74/h16-19,23-78,82-88,92-115H,8-15H2,1-7H3,(H,79,89)(H,80,90)(H,81,91)/t16-,17-,18-,19-,23+,24+,25+,26+,27+,28+,29+,30+,31+,32+,33+,34+,35+,36+,37+,38-,39-,40-,41-,42+,43+,44+,45+,46-,47-,48+,49+,50-,51-,52-,53-,54+,55+,56+,57+,58+,59+,60+,61+,62+,63+,64-,65-,66+,67?,68+,69?,70-,71-,72-,73-,74-,75-,76-,77-,78-/m0/s1. The molecule has 34 N–H and O–H groups in total. The Kier molecular flexibility index (Phi) is 39.7. The minimum atomic E-state index is -2.59. The summed E-state index contributed by atoms with van der Waals surface area (Å²) in [5.74, 6) is -3.14. The molecule has 800 valence electrons. The molecule has 0 aromatic carbocycles. The minimum absolute atomic E-state index is 0.890. The van der Waals surface area contributed by atoms with Crippen LogP contribution < -0.4 is 16.0 Å². The van der Waals surface area contributed by atoms with Gasteiger partial charge in [0.05, 0.1) is 77.3 Å². The molecule has 3 amide bonds. The molecule has 0 radical (unpaired) electrons. The first-order valence-electron chi connectivity index (χ1n) is 44.6. The summed E-state index contributed by atoms with van der Waals surface area (Å²) in [6.45, 7) is -2.05. The number of carbonyl (C=O) groups excluding carboxylic acids is 3. The van der Waals surface area contributed by atoms with E-state index in [1.807, 2.05) is 0 Å². The summed E-state index contributed by atoms with van der Waals surface area (Å²) in [6.07, 6.45) is -120. The van der Waals surface area contributed by atoms with Crippen molar-refractivity contribution in [3.8, 4) is 0 Å². The second-order valence-electron chi connectivity index (χ2n) is 35.8. The van der Waals surface area contributed by atoms with E-state index < -0.39 is 439 Å².